The summed E-state index contributed by atoms with van der Waals surface area (Å²) < 4.78 is 29.8. The van der Waals surface area contributed by atoms with E-state index in [0.29, 0.717) is 29.0 Å². The van der Waals surface area contributed by atoms with Crippen LogP contribution in [0.1, 0.15) is 62.7 Å². The molecule has 0 spiro atoms. The van der Waals surface area contributed by atoms with Crippen LogP contribution < -0.4 is 9.62 Å². The van der Waals surface area contributed by atoms with Crippen LogP contribution in [0.4, 0.5) is 5.69 Å². The molecule has 192 valence electrons. The minimum atomic E-state index is -3.41. The van der Waals surface area contributed by atoms with Gasteiger partial charge in [0.1, 0.15) is 6.04 Å². The Bertz CT molecular complexity index is 1060. The van der Waals surface area contributed by atoms with Crippen LogP contribution in [0.3, 0.4) is 0 Å². The number of carbonyl (C=O) groups excluding carboxylic acids is 3. The van der Waals surface area contributed by atoms with Gasteiger partial charge in [0.05, 0.1) is 11.9 Å². The van der Waals surface area contributed by atoms with Gasteiger partial charge in [0.25, 0.3) is 0 Å². The lowest BCUT2D eigenvalue weighted by Crippen LogP contribution is -2.57. The Kier molecular flexibility index (Phi) is 7.01. The number of benzene rings is 1. The Morgan fingerprint density at radius 2 is 1.54 bits per heavy atom. The van der Waals surface area contributed by atoms with E-state index in [1.54, 1.807) is 0 Å². The summed E-state index contributed by atoms with van der Waals surface area (Å²) in [5.74, 6) is 0.639. The van der Waals surface area contributed by atoms with Crippen LogP contribution >= 0.6 is 0 Å². The Labute approximate surface area is 207 Å². The van der Waals surface area contributed by atoms with Crippen molar-refractivity contribution in [3.8, 4) is 0 Å². The fraction of sp³-hybridized carbons (Fsp3) is 0.654. The summed E-state index contributed by atoms with van der Waals surface area (Å²) in [5, 5.41) is 2.98. The van der Waals surface area contributed by atoms with E-state index in [4.69, 9.17) is 4.74 Å². The van der Waals surface area contributed by atoms with Gasteiger partial charge in [-0.05, 0) is 86.5 Å². The quantitative estimate of drug-likeness (QED) is 0.409. The van der Waals surface area contributed by atoms with Crippen LogP contribution in [-0.2, 0) is 24.3 Å². The molecule has 0 aromatic heterocycles. The summed E-state index contributed by atoms with van der Waals surface area (Å²) >= 11 is 0. The fourth-order valence-corrected chi connectivity index (χ4v) is 7.04. The minimum Gasteiger partial charge on any atom is -0.456 e. The van der Waals surface area contributed by atoms with Gasteiger partial charge in [0.15, 0.2) is 12.4 Å². The Balaban J connectivity index is 1.35. The number of hydrogen-bond donors (Lipinski definition) is 1. The van der Waals surface area contributed by atoms with Gasteiger partial charge in [-0.25, -0.2) is 13.2 Å². The Morgan fingerprint density at radius 3 is 2.00 bits per heavy atom. The second-order valence-electron chi connectivity index (χ2n) is 11.2. The van der Waals surface area contributed by atoms with Gasteiger partial charge in [0, 0.05) is 18.0 Å². The number of ketones is 1. The predicted octanol–water partition coefficient (Wildman–Crippen LogP) is 3.17. The molecule has 4 fully saturated rings. The molecule has 4 aliphatic carbocycles. The first-order valence-electron chi connectivity index (χ1n) is 12.4. The van der Waals surface area contributed by atoms with E-state index >= 15 is 0 Å². The average Bonchev–Trinajstić information content (AvgIpc) is 2.78. The molecule has 4 saturated carbocycles. The van der Waals surface area contributed by atoms with E-state index in [2.05, 4.69) is 5.32 Å². The van der Waals surface area contributed by atoms with Crippen molar-refractivity contribution >= 4 is 33.4 Å². The molecular weight excluding hydrogens is 468 g/mol. The normalized spacial score (nSPS) is 28.0. The molecular formula is C26H36N2O6S. The van der Waals surface area contributed by atoms with Crippen LogP contribution in [-0.4, -0.2) is 52.0 Å². The number of carbonyl (C=O) groups is 3. The molecule has 4 aliphatic rings. The highest BCUT2D eigenvalue weighted by atomic mass is 32.2. The van der Waals surface area contributed by atoms with Crippen molar-refractivity contribution in [1.29, 1.82) is 0 Å². The van der Waals surface area contributed by atoms with Crippen molar-refractivity contribution in [2.24, 2.45) is 29.1 Å². The molecule has 35 heavy (non-hydrogen) atoms. The number of ether oxygens (including phenoxy) is 1. The van der Waals surface area contributed by atoms with Crippen molar-refractivity contribution in [1.82, 2.24) is 5.32 Å². The molecule has 1 aromatic carbocycles. The number of Topliss-reactive ketones (excluding diaryl/α,β-unsaturated/α-hetero) is 1. The lowest BCUT2D eigenvalue weighted by atomic mass is 9.49. The van der Waals surface area contributed by atoms with E-state index in [1.165, 1.54) is 50.6 Å². The molecule has 4 bridgehead atoms. The largest absolute Gasteiger partial charge is 0.456 e. The van der Waals surface area contributed by atoms with Crippen LogP contribution in [0, 0.1) is 29.1 Å². The molecule has 0 heterocycles. The van der Waals surface area contributed by atoms with Gasteiger partial charge in [0.2, 0.25) is 15.9 Å². The molecule has 1 aromatic rings. The van der Waals surface area contributed by atoms with Gasteiger partial charge >= 0.3 is 5.97 Å². The summed E-state index contributed by atoms with van der Waals surface area (Å²) in [6.45, 7) is 3.26. The molecule has 9 heteroatoms. The van der Waals surface area contributed by atoms with E-state index in [1.807, 2.05) is 13.8 Å². The van der Waals surface area contributed by atoms with Gasteiger partial charge < -0.3 is 10.1 Å². The lowest BCUT2D eigenvalue weighted by Gasteiger charge is -2.55. The highest BCUT2D eigenvalue weighted by Gasteiger charge is 2.55. The topological polar surface area (TPSA) is 110 Å². The number of nitrogens with zero attached hydrogens (tertiary/aromatic N) is 1. The van der Waals surface area contributed by atoms with Crippen molar-refractivity contribution in [3.63, 3.8) is 0 Å². The monoisotopic (exact) mass is 504 g/mol. The molecule has 1 atom stereocenters. The number of rotatable bonds is 9. The molecule has 1 N–H and O–H groups in total. The average molecular weight is 505 g/mol. The number of hydrogen-bond acceptors (Lipinski definition) is 6. The maximum Gasteiger partial charge on any atom is 0.329 e. The molecule has 0 radical (unpaired) electrons. The Morgan fingerprint density at radius 1 is 1.03 bits per heavy atom. The smallest absolute Gasteiger partial charge is 0.329 e. The number of esters is 1. The van der Waals surface area contributed by atoms with E-state index in [0.717, 1.165) is 29.8 Å². The molecule has 1 unspecified atom stereocenters. The van der Waals surface area contributed by atoms with Gasteiger partial charge in [-0.3, -0.25) is 13.9 Å². The first-order valence-corrected chi connectivity index (χ1v) is 14.3. The third-order valence-corrected chi connectivity index (χ3v) is 9.33. The van der Waals surface area contributed by atoms with Crippen molar-refractivity contribution in [3.05, 3.63) is 29.8 Å². The maximum atomic E-state index is 13.4. The number of sulfonamides is 1. The van der Waals surface area contributed by atoms with Crippen LogP contribution in [0.25, 0.3) is 0 Å². The van der Waals surface area contributed by atoms with Crippen LogP contribution in [0.5, 0.6) is 0 Å². The maximum absolute atomic E-state index is 13.4. The third kappa shape index (κ3) is 5.39. The molecule has 0 aliphatic heterocycles. The van der Waals surface area contributed by atoms with Gasteiger partial charge in [-0.15, -0.1) is 0 Å². The second kappa shape index (κ2) is 9.56. The lowest BCUT2D eigenvalue weighted by molar-refractivity contribution is -0.154. The standard InChI is InChI=1S/C26H36N2O6S/c1-16(2)23(27-25(31)26-12-17-9-18(13-26)11-19(10-17)14-26)24(30)34-15-22(29)20-5-7-21(8-6-20)28(3)35(4,32)33/h5-8,16-19,23H,9-15H2,1-4H3,(H,27,31). The van der Waals surface area contributed by atoms with Gasteiger partial charge in [-0.2, -0.15) is 0 Å². The zero-order valence-electron chi connectivity index (χ0n) is 21.0. The Hall–Kier alpha value is -2.42. The first-order chi connectivity index (χ1) is 16.4. The summed E-state index contributed by atoms with van der Waals surface area (Å²) in [6, 6.07) is 5.25. The predicted molar refractivity (Wildman–Crippen MR) is 132 cm³/mol. The molecule has 1 amide bonds. The van der Waals surface area contributed by atoms with E-state index in [9.17, 15) is 22.8 Å². The molecule has 0 saturated heterocycles. The molecule has 5 rings (SSSR count). The highest BCUT2D eigenvalue weighted by molar-refractivity contribution is 7.92. The molecule has 8 nitrogen and oxygen atoms in total. The van der Waals surface area contributed by atoms with E-state index in [-0.39, 0.29) is 17.2 Å². The summed E-state index contributed by atoms with van der Waals surface area (Å²) in [5.41, 5.74) is 0.370. The van der Waals surface area contributed by atoms with Crippen molar-refractivity contribution in [2.45, 2.75) is 58.4 Å². The van der Waals surface area contributed by atoms with Crippen LogP contribution in [0.2, 0.25) is 0 Å². The number of amides is 1. The SMILES string of the molecule is CC(C)C(NC(=O)C12CC3CC(CC(C3)C1)C2)C(=O)OCC(=O)c1ccc(N(C)S(C)(=O)=O)cc1. The first kappa shape index (κ1) is 25.7. The summed E-state index contributed by atoms with van der Waals surface area (Å²) in [6.07, 6.45) is 7.52. The second-order valence-corrected chi connectivity index (χ2v) is 13.2. The zero-order valence-corrected chi connectivity index (χ0v) is 21.8. The van der Waals surface area contributed by atoms with Crippen molar-refractivity contribution in [2.75, 3.05) is 24.2 Å². The van der Waals surface area contributed by atoms with Crippen LogP contribution in [0.15, 0.2) is 24.3 Å². The zero-order chi connectivity index (χ0) is 25.5. The summed E-state index contributed by atoms with van der Waals surface area (Å²) in [7, 11) is -1.98. The fourth-order valence-electron chi connectivity index (χ4n) is 6.54. The summed E-state index contributed by atoms with van der Waals surface area (Å²) in [4.78, 5) is 38.8. The minimum absolute atomic E-state index is 0.0378. The highest BCUT2D eigenvalue weighted by Crippen LogP contribution is 2.60. The van der Waals surface area contributed by atoms with Gasteiger partial charge in [-0.1, -0.05) is 13.8 Å². The van der Waals surface area contributed by atoms with Crippen molar-refractivity contribution < 1.29 is 27.5 Å². The van der Waals surface area contributed by atoms with E-state index < -0.39 is 34.4 Å². The number of anilines is 1. The number of nitrogens with one attached hydrogen (secondary N) is 1. The third-order valence-electron chi connectivity index (χ3n) is 8.12.